The summed E-state index contributed by atoms with van der Waals surface area (Å²) in [5.41, 5.74) is 0. The fourth-order valence-electron chi connectivity index (χ4n) is 1.50. The van der Waals surface area contributed by atoms with Crippen LogP contribution in [0, 0.1) is 11.3 Å². The largest absolute Gasteiger partial charge is 0.279 e. The van der Waals surface area contributed by atoms with Gasteiger partial charge in [0.15, 0.2) is 0 Å². The second-order valence-electron chi connectivity index (χ2n) is 4.15. The van der Waals surface area contributed by atoms with Gasteiger partial charge in [0.2, 0.25) is 0 Å². The van der Waals surface area contributed by atoms with E-state index in [-0.39, 0.29) is 18.5 Å². The first-order chi connectivity index (χ1) is 7.13. The van der Waals surface area contributed by atoms with Gasteiger partial charge in [-0.25, -0.2) is 0 Å². The summed E-state index contributed by atoms with van der Waals surface area (Å²) in [6.07, 6.45) is 4.00. The highest BCUT2D eigenvalue weighted by molar-refractivity contribution is 7.87. The van der Waals surface area contributed by atoms with Gasteiger partial charge in [-0.15, -0.1) is 0 Å². The zero-order valence-corrected chi connectivity index (χ0v) is 9.33. The molecule has 0 unspecified atom stereocenters. The predicted molar refractivity (Wildman–Crippen MR) is 55.0 cm³/mol. The molecule has 0 heterocycles. The van der Waals surface area contributed by atoms with Gasteiger partial charge in [-0.1, -0.05) is 0 Å². The van der Waals surface area contributed by atoms with Gasteiger partial charge in [0.05, 0.1) is 6.07 Å². The Bertz CT molecular complexity index is 365. The van der Waals surface area contributed by atoms with E-state index < -0.39 is 10.2 Å². The van der Waals surface area contributed by atoms with Crippen LogP contribution in [0.2, 0.25) is 0 Å². The molecule has 0 radical (unpaired) electrons. The molecule has 5 nitrogen and oxygen atoms in total. The number of nitrogens with one attached hydrogen (secondary N) is 1. The molecule has 0 aromatic carbocycles. The highest BCUT2D eigenvalue weighted by Crippen LogP contribution is 2.30. The summed E-state index contributed by atoms with van der Waals surface area (Å²) in [6, 6.07) is 2.26. The smallest absolute Gasteiger partial charge is 0.199 e. The average molecular weight is 229 g/mol. The van der Waals surface area contributed by atoms with Crippen molar-refractivity contribution in [2.24, 2.45) is 0 Å². The third kappa shape index (κ3) is 2.91. The summed E-state index contributed by atoms with van der Waals surface area (Å²) >= 11 is 0. The SMILES string of the molecule is N#CCCN(C1CC1)S(=O)(=O)NC1CC1. The van der Waals surface area contributed by atoms with Crippen LogP contribution in [-0.2, 0) is 10.2 Å². The molecule has 0 aliphatic heterocycles. The minimum absolute atomic E-state index is 0.134. The van der Waals surface area contributed by atoms with Crippen molar-refractivity contribution in [2.75, 3.05) is 6.54 Å². The monoisotopic (exact) mass is 229 g/mol. The van der Waals surface area contributed by atoms with Crippen LogP contribution in [0.3, 0.4) is 0 Å². The van der Waals surface area contributed by atoms with E-state index in [0.29, 0.717) is 6.54 Å². The van der Waals surface area contributed by atoms with Crippen molar-refractivity contribution in [1.82, 2.24) is 9.03 Å². The molecule has 15 heavy (non-hydrogen) atoms. The van der Waals surface area contributed by atoms with Crippen LogP contribution in [-0.4, -0.2) is 31.4 Å². The highest BCUT2D eigenvalue weighted by atomic mass is 32.2. The molecule has 0 aromatic rings. The van der Waals surface area contributed by atoms with Crippen molar-refractivity contribution in [2.45, 2.75) is 44.2 Å². The van der Waals surface area contributed by atoms with E-state index in [1.807, 2.05) is 6.07 Å². The fourth-order valence-corrected chi connectivity index (χ4v) is 3.23. The molecule has 2 fully saturated rings. The van der Waals surface area contributed by atoms with Gasteiger partial charge < -0.3 is 0 Å². The van der Waals surface area contributed by atoms with Crippen molar-refractivity contribution in [3.63, 3.8) is 0 Å². The standard InChI is InChI=1S/C9H15N3O2S/c10-6-1-7-12(9-4-5-9)15(13,14)11-8-2-3-8/h8-9,11H,1-5,7H2. The summed E-state index contributed by atoms with van der Waals surface area (Å²) in [6.45, 7) is 0.323. The molecule has 6 heteroatoms. The Morgan fingerprint density at radius 3 is 2.47 bits per heavy atom. The van der Waals surface area contributed by atoms with E-state index >= 15 is 0 Å². The molecule has 0 atom stereocenters. The number of rotatable bonds is 6. The van der Waals surface area contributed by atoms with E-state index in [2.05, 4.69) is 4.72 Å². The van der Waals surface area contributed by atoms with E-state index in [9.17, 15) is 8.42 Å². The number of hydrogen-bond acceptors (Lipinski definition) is 3. The molecule has 0 aromatic heterocycles. The molecule has 1 N–H and O–H groups in total. The van der Waals surface area contributed by atoms with Crippen molar-refractivity contribution in [3.05, 3.63) is 0 Å². The molecule has 2 aliphatic rings. The maximum Gasteiger partial charge on any atom is 0.279 e. The lowest BCUT2D eigenvalue weighted by atomic mass is 10.4. The van der Waals surface area contributed by atoms with Crippen LogP contribution in [0.4, 0.5) is 0 Å². The maximum absolute atomic E-state index is 11.9. The molecular formula is C9H15N3O2S. The summed E-state index contributed by atoms with van der Waals surface area (Å²) in [7, 11) is -3.34. The van der Waals surface area contributed by atoms with Crippen molar-refractivity contribution >= 4 is 10.2 Å². The first kappa shape index (κ1) is 10.9. The minimum Gasteiger partial charge on any atom is -0.199 e. The Hall–Kier alpha value is -0.640. The quantitative estimate of drug-likeness (QED) is 0.714. The molecule has 84 valence electrons. The van der Waals surface area contributed by atoms with E-state index in [4.69, 9.17) is 5.26 Å². The Morgan fingerprint density at radius 1 is 1.33 bits per heavy atom. The highest BCUT2D eigenvalue weighted by Gasteiger charge is 2.39. The van der Waals surface area contributed by atoms with E-state index in [1.54, 1.807) is 0 Å². The first-order valence-electron chi connectivity index (χ1n) is 5.29. The third-order valence-corrected chi connectivity index (χ3v) is 4.33. The van der Waals surface area contributed by atoms with E-state index in [1.165, 1.54) is 4.31 Å². The lowest BCUT2D eigenvalue weighted by molar-refractivity contribution is 0.402. The molecule has 0 spiro atoms. The van der Waals surface area contributed by atoms with Crippen molar-refractivity contribution < 1.29 is 8.42 Å². The summed E-state index contributed by atoms with van der Waals surface area (Å²) in [5, 5.41) is 8.49. The second kappa shape index (κ2) is 4.08. The molecule has 2 rings (SSSR count). The van der Waals surface area contributed by atoms with Crippen molar-refractivity contribution in [1.29, 1.82) is 5.26 Å². The number of hydrogen-bond donors (Lipinski definition) is 1. The third-order valence-electron chi connectivity index (χ3n) is 2.60. The Morgan fingerprint density at radius 2 is 2.00 bits per heavy atom. The van der Waals surface area contributed by atoms with Crippen molar-refractivity contribution in [3.8, 4) is 6.07 Å². The minimum atomic E-state index is -3.34. The molecule has 0 saturated heterocycles. The topological polar surface area (TPSA) is 73.2 Å². The van der Waals surface area contributed by atoms with Gasteiger partial charge in [-0.3, -0.25) is 0 Å². The predicted octanol–water partition coefficient (Wildman–Crippen LogP) is 0.361. The Balaban J connectivity index is 1.98. The number of nitriles is 1. The van der Waals surface area contributed by atoms with Gasteiger partial charge in [0, 0.05) is 25.0 Å². The van der Waals surface area contributed by atoms with Crippen LogP contribution >= 0.6 is 0 Å². The lowest BCUT2D eigenvalue weighted by Crippen LogP contribution is -2.43. The van der Waals surface area contributed by atoms with Crippen LogP contribution in [0.1, 0.15) is 32.1 Å². The molecule has 2 saturated carbocycles. The van der Waals surface area contributed by atoms with E-state index in [0.717, 1.165) is 25.7 Å². The number of nitrogens with zero attached hydrogens (tertiary/aromatic N) is 2. The Labute approximate surface area is 90.2 Å². The summed E-state index contributed by atoms with van der Waals surface area (Å²) < 4.78 is 27.8. The summed E-state index contributed by atoms with van der Waals surface area (Å²) in [4.78, 5) is 0. The zero-order chi connectivity index (χ0) is 10.9. The van der Waals surface area contributed by atoms with Crippen LogP contribution in [0.25, 0.3) is 0 Å². The average Bonchev–Trinajstić information content (AvgIpc) is 2.96. The molecular weight excluding hydrogens is 214 g/mol. The normalized spacial score (nSPS) is 21.6. The maximum atomic E-state index is 11.9. The van der Waals surface area contributed by atoms with Gasteiger partial charge in [0.1, 0.15) is 0 Å². The zero-order valence-electron chi connectivity index (χ0n) is 8.52. The second-order valence-corrected chi connectivity index (χ2v) is 5.80. The van der Waals surface area contributed by atoms with Gasteiger partial charge in [-0.05, 0) is 25.7 Å². The molecule has 0 amide bonds. The van der Waals surface area contributed by atoms with Gasteiger partial charge in [-0.2, -0.15) is 22.7 Å². The molecule has 0 bridgehead atoms. The van der Waals surface area contributed by atoms with Gasteiger partial charge in [0.25, 0.3) is 10.2 Å². The van der Waals surface area contributed by atoms with Crippen LogP contribution in [0.5, 0.6) is 0 Å². The Kier molecular flexibility index (Phi) is 2.96. The van der Waals surface area contributed by atoms with Gasteiger partial charge >= 0.3 is 0 Å². The molecule has 2 aliphatic carbocycles. The van der Waals surface area contributed by atoms with Crippen LogP contribution in [0.15, 0.2) is 0 Å². The van der Waals surface area contributed by atoms with Crippen LogP contribution < -0.4 is 4.72 Å². The first-order valence-corrected chi connectivity index (χ1v) is 6.73. The lowest BCUT2D eigenvalue weighted by Gasteiger charge is -2.20. The summed E-state index contributed by atoms with van der Waals surface area (Å²) in [5.74, 6) is 0. The fraction of sp³-hybridized carbons (Fsp3) is 0.889.